The van der Waals surface area contributed by atoms with E-state index in [-0.39, 0.29) is 12.4 Å². The van der Waals surface area contributed by atoms with E-state index in [0.717, 1.165) is 44.9 Å². The molecule has 4 heteroatoms. The first-order valence-electron chi connectivity index (χ1n) is 16.0. The molecule has 0 atom stereocenters. The van der Waals surface area contributed by atoms with Crippen LogP contribution >= 0.6 is 0 Å². The third-order valence-corrected chi connectivity index (χ3v) is 7.28. The van der Waals surface area contributed by atoms with Crippen LogP contribution in [0.1, 0.15) is 187 Å². The SMILES string of the molecule is CCCCCCCCCCCCCCCCCCCCCCOC(=O)CCCCCCCCC(=O)O. The fraction of sp³-hybridized carbons (Fsp3) is 0.938. The summed E-state index contributed by atoms with van der Waals surface area (Å²) in [6.07, 6.45) is 34.1. The van der Waals surface area contributed by atoms with Crippen molar-refractivity contribution in [2.24, 2.45) is 0 Å². The van der Waals surface area contributed by atoms with Crippen molar-refractivity contribution >= 4 is 11.9 Å². The predicted molar refractivity (Wildman–Crippen MR) is 154 cm³/mol. The Balaban J connectivity index is 3.13. The Hall–Kier alpha value is -1.06. The van der Waals surface area contributed by atoms with Crippen molar-refractivity contribution in [1.82, 2.24) is 0 Å². The highest BCUT2D eigenvalue weighted by Gasteiger charge is 2.03. The predicted octanol–water partition coefficient (Wildman–Crippen LogP) is 10.6. The fourth-order valence-electron chi connectivity index (χ4n) is 4.87. The summed E-state index contributed by atoms with van der Waals surface area (Å²) in [7, 11) is 0. The van der Waals surface area contributed by atoms with Gasteiger partial charge < -0.3 is 9.84 Å². The lowest BCUT2D eigenvalue weighted by molar-refractivity contribution is -0.144. The van der Waals surface area contributed by atoms with E-state index in [0.29, 0.717) is 13.0 Å². The van der Waals surface area contributed by atoms with Gasteiger partial charge >= 0.3 is 11.9 Å². The van der Waals surface area contributed by atoms with E-state index in [1.807, 2.05) is 0 Å². The average molecular weight is 511 g/mol. The Kier molecular flexibility index (Phi) is 29.3. The molecule has 0 saturated heterocycles. The number of esters is 1. The monoisotopic (exact) mass is 510 g/mol. The van der Waals surface area contributed by atoms with Crippen LogP contribution in [0.25, 0.3) is 0 Å². The van der Waals surface area contributed by atoms with Gasteiger partial charge in [0.2, 0.25) is 0 Å². The van der Waals surface area contributed by atoms with Crippen molar-refractivity contribution in [3.8, 4) is 0 Å². The zero-order chi connectivity index (χ0) is 26.4. The quantitative estimate of drug-likeness (QED) is 0.0770. The molecule has 0 saturated carbocycles. The Morgan fingerprint density at radius 1 is 0.444 bits per heavy atom. The van der Waals surface area contributed by atoms with Crippen molar-refractivity contribution in [3.05, 3.63) is 0 Å². The zero-order valence-electron chi connectivity index (χ0n) is 24.2. The van der Waals surface area contributed by atoms with E-state index in [4.69, 9.17) is 9.84 Å². The van der Waals surface area contributed by atoms with Crippen molar-refractivity contribution < 1.29 is 19.4 Å². The summed E-state index contributed by atoms with van der Waals surface area (Å²) in [5.41, 5.74) is 0. The third kappa shape index (κ3) is 31.0. The maximum atomic E-state index is 11.8. The molecule has 0 rings (SSSR count). The summed E-state index contributed by atoms with van der Waals surface area (Å²) in [4.78, 5) is 22.2. The number of carboxylic acids is 1. The molecule has 0 aliphatic heterocycles. The number of ether oxygens (including phenoxy) is 1. The molecule has 0 aromatic rings. The highest BCUT2D eigenvalue weighted by Crippen LogP contribution is 2.15. The second-order valence-corrected chi connectivity index (χ2v) is 11.0. The van der Waals surface area contributed by atoms with E-state index in [9.17, 15) is 9.59 Å². The van der Waals surface area contributed by atoms with Crippen LogP contribution in [-0.2, 0) is 14.3 Å². The molecule has 0 fully saturated rings. The molecule has 1 N–H and O–H groups in total. The highest BCUT2D eigenvalue weighted by atomic mass is 16.5. The third-order valence-electron chi connectivity index (χ3n) is 7.28. The summed E-state index contributed by atoms with van der Waals surface area (Å²) >= 11 is 0. The maximum absolute atomic E-state index is 11.8. The van der Waals surface area contributed by atoms with E-state index in [1.54, 1.807) is 0 Å². The molecule has 36 heavy (non-hydrogen) atoms. The summed E-state index contributed by atoms with van der Waals surface area (Å²) < 4.78 is 5.35. The van der Waals surface area contributed by atoms with Gasteiger partial charge in [0.15, 0.2) is 0 Å². The molecule has 0 aromatic carbocycles. The van der Waals surface area contributed by atoms with Crippen molar-refractivity contribution in [2.45, 2.75) is 187 Å². The van der Waals surface area contributed by atoms with Crippen molar-refractivity contribution in [1.29, 1.82) is 0 Å². The molecule has 0 radical (unpaired) electrons. The van der Waals surface area contributed by atoms with E-state index in [2.05, 4.69) is 6.92 Å². The van der Waals surface area contributed by atoms with Crippen LogP contribution < -0.4 is 0 Å². The molecular weight excluding hydrogens is 448 g/mol. The standard InChI is InChI=1S/C32H62O4/c1-2-3-4-5-6-7-8-9-10-11-12-13-14-15-16-17-18-21-24-27-30-36-32(35)29-26-23-20-19-22-25-28-31(33)34/h2-30H2,1H3,(H,33,34). The van der Waals surface area contributed by atoms with Crippen LogP contribution in [-0.4, -0.2) is 23.7 Å². The topological polar surface area (TPSA) is 63.6 Å². The first-order chi connectivity index (χ1) is 17.7. The van der Waals surface area contributed by atoms with Crippen LogP contribution in [0, 0.1) is 0 Å². The molecule has 0 aliphatic rings. The number of carbonyl (C=O) groups excluding carboxylic acids is 1. The number of hydrogen-bond acceptors (Lipinski definition) is 3. The summed E-state index contributed by atoms with van der Waals surface area (Å²) in [6.45, 7) is 2.86. The lowest BCUT2D eigenvalue weighted by Gasteiger charge is -2.06. The van der Waals surface area contributed by atoms with Crippen LogP contribution in [0.15, 0.2) is 0 Å². The molecule has 0 aliphatic carbocycles. The van der Waals surface area contributed by atoms with Gasteiger partial charge in [-0.2, -0.15) is 0 Å². The number of carboxylic acid groups (broad SMARTS) is 1. The maximum Gasteiger partial charge on any atom is 0.305 e. The van der Waals surface area contributed by atoms with Crippen molar-refractivity contribution in [3.63, 3.8) is 0 Å². The lowest BCUT2D eigenvalue weighted by atomic mass is 10.0. The van der Waals surface area contributed by atoms with Crippen LogP contribution in [0.4, 0.5) is 0 Å². The Morgan fingerprint density at radius 2 is 0.750 bits per heavy atom. The second kappa shape index (κ2) is 30.2. The Morgan fingerprint density at radius 3 is 1.11 bits per heavy atom. The number of rotatable bonds is 30. The van der Waals surface area contributed by atoms with Crippen molar-refractivity contribution in [2.75, 3.05) is 6.61 Å². The van der Waals surface area contributed by atoms with Crippen LogP contribution in [0.2, 0.25) is 0 Å². The minimum Gasteiger partial charge on any atom is -0.481 e. The largest absolute Gasteiger partial charge is 0.481 e. The molecule has 214 valence electrons. The molecule has 0 heterocycles. The Bertz CT molecular complexity index is 463. The average Bonchev–Trinajstić information content (AvgIpc) is 2.86. The van der Waals surface area contributed by atoms with E-state index < -0.39 is 5.97 Å². The van der Waals surface area contributed by atoms with Gasteiger partial charge in [-0.25, -0.2) is 0 Å². The normalized spacial score (nSPS) is 11.1. The number of unbranched alkanes of at least 4 members (excludes halogenated alkanes) is 24. The summed E-state index contributed by atoms with van der Waals surface area (Å²) in [6, 6.07) is 0. The first kappa shape index (κ1) is 34.9. The molecule has 0 bridgehead atoms. The highest BCUT2D eigenvalue weighted by molar-refractivity contribution is 5.69. The molecule has 0 unspecified atom stereocenters. The second-order valence-electron chi connectivity index (χ2n) is 11.0. The molecule has 0 aromatic heterocycles. The van der Waals surface area contributed by atoms with Gasteiger partial charge in [0.25, 0.3) is 0 Å². The van der Waals surface area contributed by atoms with Gasteiger partial charge in [-0.05, 0) is 19.3 Å². The van der Waals surface area contributed by atoms with Gasteiger partial charge in [0.1, 0.15) is 0 Å². The lowest BCUT2D eigenvalue weighted by Crippen LogP contribution is -2.05. The van der Waals surface area contributed by atoms with E-state index in [1.165, 1.54) is 122 Å². The van der Waals surface area contributed by atoms with Gasteiger partial charge in [0.05, 0.1) is 6.61 Å². The number of hydrogen-bond donors (Lipinski definition) is 1. The van der Waals surface area contributed by atoms with E-state index >= 15 is 0 Å². The molecular formula is C32H62O4. The first-order valence-corrected chi connectivity index (χ1v) is 16.0. The minimum atomic E-state index is -0.710. The zero-order valence-corrected chi connectivity index (χ0v) is 24.2. The molecule has 4 nitrogen and oxygen atoms in total. The number of carbonyl (C=O) groups is 2. The van der Waals surface area contributed by atoms with Gasteiger partial charge in [-0.3, -0.25) is 9.59 Å². The molecule has 0 spiro atoms. The van der Waals surface area contributed by atoms with Gasteiger partial charge in [-0.15, -0.1) is 0 Å². The van der Waals surface area contributed by atoms with Gasteiger partial charge in [0, 0.05) is 12.8 Å². The summed E-state index contributed by atoms with van der Waals surface area (Å²) in [5, 5.41) is 8.60. The Labute approximate surface area is 224 Å². The smallest absolute Gasteiger partial charge is 0.305 e. The fourth-order valence-corrected chi connectivity index (χ4v) is 4.87. The van der Waals surface area contributed by atoms with Crippen LogP contribution in [0.3, 0.4) is 0 Å². The summed E-state index contributed by atoms with van der Waals surface area (Å²) in [5.74, 6) is -0.767. The minimum absolute atomic E-state index is 0.0568. The van der Waals surface area contributed by atoms with Crippen LogP contribution in [0.5, 0.6) is 0 Å². The van der Waals surface area contributed by atoms with Gasteiger partial charge in [-0.1, -0.05) is 155 Å². The number of aliphatic carboxylic acids is 1. The molecule has 0 amide bonds.